The predicted octanol–water partition coefficient (Wildman–Crippen LogP) is 4.11. The van der Waals surface area contributed by atoms with E-state index in [-0.39, 0.29) is 31.0 Å². The third-order valence-electron chi connectivity index (χ3n) is 6.23. The molecule has 0 bridgehead atoms. The number of phenols is 1. The van der Waals surface area contributed by atoms with Gasteiger partial charge < -0.3 is 15.1 Å². The molecule has 3 rings (SSSR count). The Balaban J connectivity index is 1.67. The highest BCUT2D eigenvalue weighted by Gasteiger charge is 2.37. The third kappa shape index (κ3) is 6.91. The number of nitrogens with zero attached hydrogens (tertiary/aromatic N) is 2. The molecule has 0 fully saturated rings. The standard InChI is InChI=1S/C26H36N2O5Si/c1-34(2,3)15-7-14-27(26-22-11-5-4-9-20(22)17-23(26)30)24(31)12-13-25(32)28(33)18-19-8-6-10-21(29)16-19/h4-6,8-11,16,23,26,29-30,33H,7,12-15,17-18H2,1-3H3/t23-,26+/m1/s1. The Hall–Kier alpha value is -2.68. The molecule has 8 heteroatoms. The number of hydrogen-bond donors (Lipinski definition) is 3. The Morgan fingerprint density at radius 3 is 2.44 bits per heavy atom. The second-order valence-corrected chi connectivity index (χ2v) is 15.9. The number of aliphatic hydroxyl groups excluding tert-OH is 1. The maximum absolute atomic E-state index is 13.3. The molecule has 3 N–H and O–H groups in total. The van der Waals surface area contributed by atoms with Crippen LogP contribution in [0, 0.1) is 0 Å². The summed E-state index contributed by atoms with van der Waals surface area (Å²) in [6.45, 7) is 7.33. The van der Waals surface area contributed by atoms with Crippen LogP contribution < -0.4 is 0 Å². The van der Waals surface area contributed by atoms with Crippen LogP contribution in [-0.4, -0.2) is 57.9 Å². The number of aliphatic hydroxyl groups is 1. The number of carbonyl (C=O) groups excluding carboxylic acids is 2. The zero-order valence-corrected chi connectivity index (χ0v) is 21.3. The van der Waals surface area contributed by atoms with Gasteiger partial charge in [-0.05, 0) is 35.2 Å². The minimum atomic E-state index is -1.29. The van der Waals surface area contributed by atoms with Crippen molar-refractivity contribution in [2.75, 3.05) is 6.54 Å². The smallest absolute Gasteiger partial charge is 0.246 e. The van der Waals surface area contributed by atoms with Crippen LogP contribution in [0.3, 0.4) is 0 Å². The van der Waals surface area contributed by atoms with Gasteiger partial charge in [-0.1, -0.05) is 62.1 Å². The van der Waals surface area contributed by atoms with Gasteiger partial charge in [-0.15, -0.1) is 0 Å². The number of rotatable bonds is 10. The Kier molecular flexibility index (Phi) is 8.51. The van der Waals surface area contributed by atoms with Crippen LogP contribution in [0.2, 0.25) is 25.7 Å². The maximum atomic E-state index is 13.3. The minimum Gasteiger partial charge on any atom is -0.508 e. The molecule has 2 atom stereocenters. The van der Waals surface area contributed by atoms with E-state index in [1.54, 1.807) is 17.0 Å². The molecule has 0 saturated carbocycles. The molecule has 2 aromatic rings. The molecule has 0 aromatic heterocycles. The molecule has 7 nitrogen and oxygen atoms in total. The number of hydrogen-bond acceptors (Lipinski definition) is 5. The van der Waals surface area contributed by atoms with E-state index in [1.165, 1.54) is 12.1 Å². The second kappa shape index (κ2) is 11.2. The lowest BCUT2D eigenvalue weighted by molar-refractivity contribution is -0.168. The van der Waals surface area contributed by atoms with Crippen molar-refractivity contribution in [1.82, 2.24) is 9.96 Å². The van der Waals surface area contributed by atoms with Crippen molar-refractivity contribution >= 4 is 19.9 Å². The van der Waals surface area contributed by atoms with Crippen LogP contribution >= 0.6 is 0 Å². The molecular weight excluding hydrogens is 448 g/mol. The van der Waals surface area contributed by atoms with Crippen molar-refractivity contribution in [2.45, 2.75) is 70.1 Å². The Morgan fingerprint density at radius 2 is 1.74 bits per heavy atom. The van der Waals surface area contributed by atoms with E-state index in [4.69, 9.17) is 0 Å². The Bertz CT molecular complexity index is 1010. The van der Waals surface area contributed by atoms with Crippen molar-refractivity contribution in [2.24, 2.45) is 0 Å². The first-order chi connectivity index (χ1) is 16.0. The lowest BCUT2D eigenvalue weighted by Crippen LogP contribution is -2.40. The van der Waals surface area contributed by atoms with Gasteiger partial charge in [-0.25, -0.2) is 5.06 Å². The number of amides is 2. The van der Waals surface area contributed by atoms with Crippen molar-refractivity contribution in [3.63, 3.8) is 0 Å². The van der Waals surface area contributed by atoms with Crippen molar-refractivity contribution in [3.05, 3.63) is 65.2 Å². The van der Waals surface area contributed by atoms with Gasteiger partial charge in [0.15, 0.2) is 0 Å². The molecule has 1 aliphatic rings. The van der Waals surface area contributed by atoms with Gasteiger partial charge in [0.2, 0.25) is 11.8 Å². The average molecular weight is 485 g/mol. The van der Waals surface area contributed by atoms with Crippen LogP contribution in [0.4, 0.5) is 0 Å². The van der Waals surface area contributed by atoms with Crippen molar-refractivity contribution < 1.29 is 25.0 Å². The number of carbonyl (C=O) groups is 2. The van der Waals surface area contributed by atoms with Gasteiger partial charge in [-0.3, -0.25) is 14.8 Å². The summed E-state index contributed by atoms with van der Waals surface area (Å²) in [7, 11) is -1.29. The zero-order chi connectivity index (χ0) is 24.9. The molecule has 184 valence electrons. The fourth-order valence-corrected chi connectivity index (χ4v) is 5.75. The summed E-state index contributed by atoms with van der Waals surface area (Å²) in [5.74, 6) is -0.709. The summed E-state index contributed by atoms with van der Waals surface area (Å²) in [5, 5.41) is 31.1. The topological polar surface area (TPSA) is 101 Å². The van der Waals surface area contributed by atoms with Gasteiger partial charge in [0.1, 0.15) is 5.75 Å². The third-order valence-corrected chi connectivity index (χ3v) is 8.09. The molecule has 2 aromatic carbocycles. The molecule has 0 saturated heterocycles. The molecule has 0 radical (unpaired) electrons. The van der Waals surface area contributed by atoms with E-state index in [0.717, 1.165) is 23.6 Å². The first-order valence-corrected chi connectivity index (χ1v) is 15.6. The van der Waals surface area contributed by atoms with Crippen LogP contribution in [0.25, 0.3) is 0 Å². The predicted molar refractivity (Wildman–Crippen MR) is 133 cm³/mol. The molecule has 34 heavy (non-hydrogen) atoms. The lowest BCUT2D eigenvalue weighted by Gasteiger charge is -2.33. The van der Waals surface area contributed by atoms with Gasteiger partial charge in [0.05, 0.1) is 18.7 Å². The quantitative estimate of drug-likeness (QED) is 0.268. The number of hydroxylamine groups is 2. The second-order valence-electron chi connectivity index (χ2n) is 10.3. The van der Waals surface area contributed by atoms with E-state index in [0.29, 0.717) is 23.6 Å². The minimum absolute atomic E-state index is 0.0474. The summed E-state index contributed by atoms with van der Waals surface area (Å²) in [6.07, 6.45) is 0.498. The summed E-state index contributed by atoms with van der Waals surface area (Å²) < 4.78 is 0. The SMILES string of the molecule is C[Si](C)(C)CCCN(C(=O)CCC(=O)N(O)Cc1cccc(O)c1)[C@H]1c2ccccc2C[C@H]1O. The number of aromatic hydroxyl groups is 1. The van der Waals surface area contributed by atoms with Crippen LogP contribution in [-0.2, 0) is 22.6 Å². The van der Waals surface area contributed by atoms with Crippen LogP contribution in [0.15, 0.2) is 48.5 Å². The molecule has 2 amide bonds. The van der Waals surface area contributed by atoms with Crippen LogP contribution in [0.5, 0.6) is 5.75 Å². The number of phenolic OH excluding ortho intramolecular Hbond substituents is 1. The average Bonchev–Trinajstić information content (AvgIpc) is 3.09. The summed E-state index contributed by atoms with van der Waals surface area (Å²) in [5.41, 5.74) is 2.60. The molecule has 0 heterocycles. The van der Waals surface area contributed by atoms with Crippen molar-refractivity contribution in [1.29, 1.82) is 0 Å². The normalized spacial score (nSPS) is 17.3. The highest BCUT2D eigenvalue weighted by Crippen LogP contribution is 2.37. The zero-order valence-electron chi connectivity index (χ0n) is 20.3. The maximum Gasteiger partial charge on any atom is 0.246 e. The molecular formula is C26H36N2O5Si. The first kappa shape index (κ1) is 25.9. The molecule has 0 spiro atoms. The number of fused-ring (bicyclic) bond motifs is 1. The van der Waals surface area contributed by atoms with E-state index >= 15 is 0 Å². The lowest BCUT2D eigenvalue weighted by atomic mass is 10.0. The highest BCUT2D eigenvalue weighted by molar-refractivity contribution is 6.76. The summed E-state index contributed by atoms with van der Waals surface area (Å²) >= 11 is 0. The van der Waals surface area contributed by atoms with E-state index in [2.05, 4.69) is 19.6 Å². The van der Waals surface area contributed by atoms with E-state index < -0.39 is 26.1 Å². The van der Waals surface area contributed by atoms with Gasteiger partial charge in [0, 0.05) is 33.9 Å². The number of benzene rings is 2. The van der Waals surface area contributed by atoms with Crippen molar-refractivity contribution in [3.8, 4) is 5.75 Å². The highest BCUT2D eigenvalue weighted by atomic mass is 28.3. The fraction of sp³-hybridized carbons (Fsp3) is 0.462. The van der Waals surface area contributed by atoms with Crippen LogP contribution in [0.1, 0.15) is 42.0 Å². The van der Waals surface area contributed by atoms with E-state index in [1.807, 2.05) is 24.3 Å². The summed E-state index contributed by atoms with van der Waals surface area (Å²) in [4.78, 5) is 27.5. The van der Waals surface area contributed by atoms with Gasteiger partial charge in [0.25, 0.3) is 0 Å². The largest absolute Gasteiger partial charge is 0.508 e. The van der Waals surface area contributed by atoms with E-state index in [9.17, 15) is 25.0 Å². The Morgan fingerprint density at radius 1 is 1.03 bits per heavy atom. The van der Waals surface area contributed by atoms with Gasteiger partial charge >= 0.3 is 0 Å². The molecule has 0 unspecified atom stereocenters. The first-order valence-electron chi connectivity index (χ1n) is 11.9. The van der Waals surface area contributed by atoms with Gasteiger partial charge in [-0.2, -0.15) is 0 Å². The molecule has 1 aliphatic carbocycles. The Labute approximate surface area is 202 Å². The molecule has 0 aliphatic heterocycles. The summed E-state index contributed by atoms with van der Waals surface area (Å²) in [6, 6.07) is 14.8. The monoisotopic (exact) mass is 484 g/mol. The fourth-order valence-electron chi connectivity index (χ4n) is 4.53.